The van der Waals surface area contributed by atoms with Crippen LogP contribution in [0.3, 0.4) is 0 Å². The van der Waals surface area contributed by atoms with Crippen LogP contribution in [-0.2, 0) is 13.6 Å². The molecule has 0 atom stereocenters. The molecule has 0 aliphatic heterocycles. The van der Waals surface area contributed by atoms with Gasteiger partial charge in [0.2, 0.25) is 0 Å². The Balaban J connectivity index is 4.24. The topological polar surface area (TPSA) is 35.5 Å². The van der Waals surface area contributed by atoms with Crippen LogP contribution in [0.4, 0.5) is 0 Å². The predicted octanol–water partition coefficient (Wildman–Crippen LogP) is 3.77. The average Bonchev–Trinajstić information content (AvgIpc) is 2.13. The molecule has 4 heteroatoms. The first-order valence-electron chi connectivity index (χ1n) is 5.22. The Bertz CT molecular complexity index is 255. The van der Waals surface area contributed by atoms with E-state index in [1.807, 2.05) is 45.9 Å². The van der Waals surface area contributed by atoms with Crippen molar-refractivity contribution < 1.29 is 13.6 Å². The predicted molar refractivity (Wildman–Crippen MR) is 64.3 cm³/mol. The molecule has 0 saturated heterocycles. The monoisotopic (exact) mass is 232 g/mol. The van der Waals surface area contributed by atoms with Crippen LogP contribution in [0.5, 0.6) is 0 Å². The van der Waals surface area contributed by atoms with Gasteiger partial charge in [-0.05, 0) is 27.7 Å². The molecule has 0 amide bonds. The van der Waals surface area contributed by atoms with E-state index < -0.39 is 7.60 Å². The van der Waals surface area contributed by atoms with Crippen molar-refractivity contribution in [3.05, 3.63) is 23.8 Å². The minimum absolute atomic E-state index is 0.332. The highest BCUT2D eigenvalue weighted by atomic mass is 31.2. The molecule has 0 aliphatic carbocycles. The van der Waals surface area contributed by atoms with Gasteiger partial charge in [-0.25, -0.2) is 0 Å². The molecule has 0 radical (unpaired) electrons. The Morgan fingerprint density at radius 3 is 2.13 bits per heavy atom. The standard InChI is InChI=1S/C11H21O3P/c1-5-13-15(12,14-6-2)10-8-7-9-11(3)4/h7-9H,5-6,10H2,1-4H3/b8-7-. The molecule has 15 heavy (non-hydrogen) atoms. The molecule has 0 aromatic rings. The Kier molecular flexibility index (Phi) is 7.67. The quantitative estimate of drug-likeness (QED) is 0.495. The summed E-state index contributed by atoms with van der Waals surface area (Å²) in [7, 11) is -2.90. The third kappa shape index (κ3) is 7.55. The lowest BCUT2D eigenvalue weighted by atomic mass is 10.3. The van der Waals surface area contributed by atoms with Gasteiger partial charge in [-0.1, -0.05) is 23.8 Å². The minimum Gasteiger partial charge on any atom is -0.309 e. The van der Waals surface area contributed by atoms with Crippen molar-refractivity contribution in [3.8, 4) is 0 Å². The highest BCUT2D eigenvalue weighted by Crippen LogP contribution is 2.47. The van der Waals surface area contributed by atoms with Gasteiger partial charge in [-0.2, -0.15) is 0 Å². The van der Waals surface area contributed by atoms with Crippen LogP contribution in [0.25, 0.3) is 0 Å². The summed E-state index contributed by atoms with van der Waals surface area (Å²) < 4.78 is 22.2. The molecule has 0 aliphatic rings. The molecule has 0 bridgehead atoms. The second kappa shape index (κ2) is 7.86. The van der Waals surface area contributed by atoms with E-state index in [2.05, 4.69) is 0 Å². The van der Waals surface area contributed by atoms with Crippen molar-refractivity contribution >= 4 is 7.60 Å². The molecule has 0 N–H and O–H groups in total. The third-order valence-electron chi connectivity index (χ3n) is 1.55. The zero-order valence-corrected chi connectivity index (χ0v) is 10.9. The van der Waals surface area contributed by atoms with Gasteiger partial charge in [-0.15, -0.1) is 0 Å². The number of allylic oxidation sites excluding steroid dienone is 4. The number of rotatable bonds is 7. The third-order valence-corrected chi connectivity index (χ3v) is 3.51. The number of hydrogen-bond acceptors (Lipinski definition) is 3. The minimum atomic E-state index is -2.90. The van der Waals surface area contributed by atoms with Crippen molar-refractivity contribution in [1.29, 1.82) is 0 Å². The Labute approximate surface area is 92.7 Å². The SMILES string of the molecule is CCOP(=O)(C/C=C\C=C(C)C)OCC. The van der Waals surface area contributed by atoms with Crippen molar-refractivity contribution in [2.45, 2.75) is 27.7 Å². The van der Waals surface area contributed by atoms with Crippen LogP contribution in [0, 0.1) is 0 Å². The van der Waals surface area contributed by atoms with Gasteiger partial charge in [-0.3, -0.25) is 4.57 Å². The molecule has 0 rings (SSSR count). The van der Waals surface area contributed by atoms with Gasteiger partial charge in [0.1, 0.15) is 0 Å². The van der Waals surface area contributed by atoms with E-state index in [-0.39, 0.29) is 0 Å². The van der Waals surface area contributed by atoms with Crippen LogP contribution < -0.4 is 0 Å². The first-order chi connectivity index (χ1) is 7.04. The van der Waals surface area contributed by atoms with Gasteiger partial charge < -0.3 is 9.05 Å². The van der Waals surface area contributed by atoms with Gasteiger partial charge in [0, 0.05) is 0 Å². The van der Waals surface area contributed by atoms with E-state index in [0.29, 0.717) is 19.4 Å². The van der Waals surface area contributed by atoms with E-state index in [0.717, 1.165) is 0 Å². The molecule has 3 nitrogen and oxygen atoms in total. The lowest BCUT2D eigenvalue weighted by molar-refractivity contribution is 0.222. The normalized spacial score (nSPS) is 12.0. The first-order valence-corrected chi connectivity index (χ1v) is 6.95. The summed E-state index contributed by atoms with van der Waals surface area (Å²) in [6.45, 7) is 8.46. The van der Waals surface area contributed by atoms with E-state index >= 15 is 0 Å². The van der Waals surface area contributed by atoms with E-state index in [9.17, 15) is 4.57 Å². The lowest BCUT2D eigenvalue weighted by Gasteiger charge is -2.14. The summed E-state index contributed by atoms with van der Waals surface area (Å²) in [5.41, 5.74) is 1.20. The maximum atomic E-state index is 11.9. The van der Waals surface area contributed by atoms with Crippen LogP contribution in [0.1, 0.15) is 27.7 Å². The van der Waals surface area contributed by atoms with Gasteiger partial charge in [0.25, 0.3) is 0 Å². The van der Waals surface area contributed by atoms with Gasteiger partial charge in [0.05, 0.1) is 19.4 Å². The molecule has 0 aromatic heterocycles. The average molecular weight is 232 g/mol. The summed E-state index contributed by atoms with van der Waals surface area (Å²) in [5.74, 6) is 0. The van der Waals surface area contributed by atoms with E-state index in [1.54, 1.807) is 0 Å². The summed E-state index contributed by atoms with van der Waals surface area (Å²) in [6, 6.07) is 0. The van der Waals surface area contributed by atoms with E-state index in [1.165, 1.54) is 5.57 Å². The fourth-order valence-corrected chi connectivity index (χ4v) is 2.44. The summed E-state index contributed by atoms with van der Waals surface area (Å²) in [4.78, 5) is 0. The zero-order valence-electron chi connectivity index (χ0n) is 10.0. The van der Waals surface area contributed by atoms with Crippen LogP contribution in [-0.4, -0.2) is 19.4 Å². The smallest absolute Gasteiger partial charge is 0.309 e. The molecule has 0 heterocycles. The molecule has 88 valence electrons. The molecule has 0 aromatic carbocycles. The summed E-state index contributed by atoms with van der Waals surface area (Å²) >= 11 is 0. The molecular weight excluding hydrogens is 211 g/mol. The van der Waals surface area contributed by atoms with Gasteiger partial charge >= 0.3 is 7.60 Å². The number of hydrogen-bond donors (Lipinski definition) is 0. The highest BCUT2D eigenvalue weighted by Gasteiger charge is 2.20. The van der Waals surface area contributed by atoms with Crippen molar-refractivity contribution in [2.75, 3.05) is 19.4 Å². The second-order valence-electron chi connectivity index (χ2n) is 3.30. The molecule has 0 unspecified atom stereocenters. The summed E-state index contributed by atoms with van der Waals surface area (Å²) in [6.07, 6.45) is 5.99. The maximum Gasteiger partial charge on any atom is 0.334 e. The van der Waals surface area contributed by atoms with Crippen LogP contribution in [0.15, 0.2) is 23.8 Å². The Morgan fingerprint density at radius 1 is 1.20 bits per heavy atom. The molecule has 0 spiro atoms. The Hall–Kier alpha value is -0.370. The fourth-order valence-electron chi connectivity index (χ4n) is 0.987. The maximum absolute atomic E-state index is 11.9. The lowest BCUT2D eigenvalue weighted by Crippen LogP contribution is -1.98. The fraction of sp³-hybridized carbons (Fsp3) is 0.636. The van der Waals surface area contributed by atoms with Gasteiger partial charge in [0.15, 0.2) is 0 Å². The van der Waals surface area contributed by atoms with Crippen molar-refractivity contribution in [3.63, 3.8) is 0 Å². The largest absolute Gasteiger partial charge is 0.334 e. The summed E-state index contributed by atoms with van der Waals surface area (Å²) in [5, 5.41) is 0. The van der Waals surface area contributed by atoms with Crippen LogP contribution >= 0.6 is 7.60 Å². The Morgan fingerprint density at radius 2 is 1.73 bits per heavy atom. The zero-order chi connectivity index (χ0) is 11.7. The van der Waals surface area contributed by atoms with Crippen molar-refractivity contribution in [1.82, 2.24) is 0 Å². The molecule has 0 saturated carbocycles. The molecule has 0 fully saturated rings. The van der Waals surface area contributed by atoms with E-state index in [4.69, 9.17) is 9.05 Å². The van der Waals surface area contributed by atoms with Crippen molar-refractivity contribution in [2.24, 2.45) is 0 Å². The highest BCUT2D eigenvalue weighted by molar-refractivity contribution is 7.54. The first kappa shape index (κ1) is 14.6. The second-order valence-corrected chi connectivity index (χ2v) is 5.40. The van der Waals surface area contributed by atoms with Crippen LogP contribution in [0.2, 0.25) is 0 Å². The molecular formula is C11H21O3P.